The molecule has 1 aliphatic heterocycles. The van der Waals surface area contributed by atoms with E-state index in [-0.39, 0.29) is 11.7 Å². The molecule has 1 aromatic rings. The van der Waals surface area contributed by atoms with Gasteiger partial charge in [0.15, 0.2) is 0 Å². The molecule has 1 fully saturated rings. The zero-order valence-electron chi connectivity index (χ0n) is 11.3. The van der Waals surface area contributed by atoms with Crippen LogP contribution in [-0.4, -0.2) is 47.8 Å². The number of aromatic nitrogens is 1. The molecule has 100 valence electrons. The van der Waals surface area contributed by atoms with Crippen molar-refractivity contribution < 1.29 is 4.74 Å². The van der Waals surface area contributed by atoms with Gasteiger partial charge in [0.1, 0.15) is 0 Å². The molecule has 2 N–H and O–H groups in total. The van der Waals surface area contributed by atoms with E-state index in [0.717, 1.165) is 26.1 Å². The summed E-state index contributed by atoms with van der Waals surface area (Å²) in [6, 6.07) is 4.11. The first kappa shape index (κ1) is 13.5. The molecule has 4 nitrogen and oxygen atoms in total. The van der Waals surface area contributed by atoms with E-state index >= 15 is 0 Å². The van der Waals surface area contributed by atoms with Crippen LogP contribution in [0.3, 0.4) is 0 Å². The molecule has 0 bridgehead atoms. The summed E-state index contributed by atoms with van der Waals surface area (Å²) in [6.07, 6.45) is 4.93. The molecule has 1 aromatic heterocycles. The average molecular weight is 249 g/mol. The molecule has 0 aromatic carbocycles. The van der Waals surface area contributed by atoms with Crippen molar-refractivity contribution in [2.75, 3.05) is 26.2 Å². The number of nitrogens with zero attached hydrogens (tertiary/aromatic N) is 2. The van der Waals surface area contributed by atoms with Crippen LogP contribution in [0.1, 0.15) is 19.4 Å². The largest absolute Gasteiger partial charge is 0.368 e. The first-order valence-corrected chi connectivity index (χ1v) is 6.58. The molecule has 1 aliphatic rings. The summed E-state index contributed by atoms with van der Waals surface area (Å²) in [7, 11) is 0. The fraction of sp³-hybridized carbons (Fsp3) is 0.643. The van der Waals surface area contributed by atoms with E-state index in [1.54, 1.807) is 0 Å². The van der Waals surface area contributed by atoms with Crippen LogP contribution in [0.2, 0.25) is 0 Å². The van der Waals surface area contributed by atoms with Gasteiger partial charge >= 0.3 is 0 Å². The van der Waals surface area contributed by atoms with Gasteiger partial charge in [-0.1, -0.05) is 6.07 Å². The van der Waals surface area contributed by atoms with Gasteiger partial charge in [-0.2, -0.15) is 0 Å². The molecule has 0 radical (unpaired) electrons. The number of morpholine rings is 1. The minimum absolute atomic E-state index is 0.1000. The monoisotopic (exact) mass is 249 g/mol. The van der Waals surface area contributed by atoms with Crippen LogP contribution in [0.15, 0.2) is 24.5 Å². The van der Waals surface area contributed by atoms with E-state index in [0.29, 0.717) is 6.54 Å². The second-order valence-electron chi connectivity index (χ2n) is 5.58. The van der Waals surface area contributed by atoms with Crippen LogP contribution in [0.5, 0.6) is 0 Å². The lowest BCUT2D eigenvalue weighted by Crippen LogP contribution is -2.55. The topological polar surface area (TPSA) is 51.4 Å². The minimum atomic E-state index is -0.1000. The zero-order chi connectivity index (χ0) is 13.0. The van der Waals surface area contributed by atoms with Gasteiger partial charge in [0, 0.05) is 38.6 Å². The van der Waals surface area contributed by atoms with Crippen LogP contribution in [-0.2, 0) is 11.2 Å². The van der Waals surface area contributed by atoms with E-state index < -0.39 is 0 Å². The molecule has 1 unspecified atom stereocenters. The third-order valence-electron chi connectivity index (χ3n) is 3.25. The number of hydrogen-bond acceptors (Lipinski definition) is 4. The Labute approximate surface area is 109 Å². The molecule has 1 saturated heterocycles. The molecule has 0 spiro atoms. The molecule has 1 atom stereocenters. The molecule has 0 amide bonds. The number of hydrogen-bond donors (Lipinski definition) is 1. The predicted molar refractivity (Wildman–Crippen MR) is 72.4 cm³/mol. The van der Waals surface area contributed by atoms with Gasteiger partial charge in [-0.3, -0.25) is 9.88 Å². The van der Waals surface area contributed by atoms with Crippen molar-refractivity contribution in [1.29, 1.82) is 0 Å². The lowest BCUT2D eigenvalue weighted by molar-refractivity contribution is -0.131. The van der Waals surface area contributed by atoms with Gasteiger partial charge in [0.05, 0.1) is 11.7 Å². The van der Waals surface area contributed by atoms with Crippen molar-refractivity contribution >= 4 is 0 Å². The van der Waals surface area contributed by atoms with E-state index in [9.17, 15) is 0 Å². The Morgan fingerprint density at radius 2 is 2.39 bits per heavy atom. The highest BCUT2D eigenvalue weighted by molar-refractivity contribution is 5.08. The fourth-order valence-electron chi connectivity index (χ4n) is 2.54. The van der Waals surface area contributed by atoms with E-state index in [1.165, 1.54) is 5.56 Å². The first-order valence-electron chi connectivity index (χ1n) is 6.58. The van der Waals surface area contributed by atoms with Crippen LogP contribution >= 0.6 is 0 Å². The third kappa shape index (κ3) is 3.77. The molecular weight excluding hydrogens is 226 g/mol. The maximum Gasteiger partial charge on any atom is 0.0831 e. The van der Waals surface area contributed by atoms with Crippen molar-refractivity contribution in [3.8, 4) is 0 Å². The Morgan fingerprint density at radius 3 is 3.06 bits per heavy atom. The molecule has 2 rings (SSSR count). The smallest absolute Gasteiger partial charge is 0.0831 e. The van der Waals surface area contributed by atoms with Crippen LogP contribution in [0.25, 0.3) is 0 Å². The highest BCUT2D eigenvalue weighted by atomic mass is 16.5. The summed E-state index contributed by atoms with van der Waals surface area (Å²) in [5, 5.41) is 0. The number of pyridine rings is 1. The Bertz CT molecular complexity index is 367. The molecule has 0 aliphatic carbocycles. The lowest BCUT2D eigenvalue weighted by atomic mass is 10.0. The maximum absolute atomic E-state index is 5.93. The van der Waals surface area contributed by atoms with Gasteiger partial charge in [-0.05, 0) is 31.9 Å². The number of nitrogens with two attached hydrogens (primary N) is 1. The summed E-state index contributed by atoms with van der Waals surface area (Å²) in [5.74, 6) is 0. The predicted octanol–water partition coefficient (Wildman–Crippen LogP) is 1.06. The van der Waals surface area contributed by atoms with Crippen molar-refractivity contribution in [2.24, 2.45) is 5.73 Å². The fourth-order valence-corrected chi connectivity index (χ4v) is 2.54. The summed E-state index contributed by atoms with van der Waals surface area (Å²) < 4.78 is 5.93. The first-order chi connectivity index (χ1) is 8.59. The van der Waals surface area contributed by atoms with Gasteiger partial charge in [0.2, 0.25) is 0 Å². The molecule has 4 heteroatoms. The number of ether oxygens (including phenoxy) is 1. The van der Waals surface area contributed by atoms with Crippen molar-refractivity contribution in [3.05, 3.63) is 30.1 Å². The number of rotatable bonds is 4. The van der Waals surface area contributed by atoms with Gasteiger partial charge in [-0.25, -0.2) is 0 Å². The maximum atomic E-state index is 5.93. The van der Waals surface area contributed by atoms with E-state index in [1.807, 2.05) is 18.5 Å². The molecule has 18 heavy (non-hydrogen) atoms. The zero-order valence-corrected chi connectivity index (χ0v) is 11.3. The summed E-state index contributed by atoms with van der Waals surface area (Å²) in [5.41, 5.74) is 6.92. The third-order valence-corrected chi connectivity index (χ3v) is 3.25. The van der Waals surface area contributed by atoms with Crippen molar-refractivity contribution in [3.63, 3.8) is 0 Å². The Morgan fingerprint density at radius 1 is 1.56 bits per heavy atom. The summed E-state index contributed by atoms with van der Waals surface area (Å²) in [6.45, 7) is 7.78. The average Bonchev–Trinajstić information content (AvgIpc) is 2.36. The van der Waals surface area contributed by atoms with Gasteiger partial charge in [0.25, 0.3) is 0 Å². The standard InChI is InChI=1S/C14H23N3O/c1-14(2)11-17(10-13(8-15)18-14)7-5-12-4-3-6-16-9-12/h3-4,6,9,13H,5,7-8,10-11,15H2,1-2H3. The summed E-state index contributed by atoms with van der Waals surface area (Å²) in [4.78, 5) is 6.58. The Balaban J connectivity index is 1.89. The quantitative estimate of drug-likeness (QED) is 0.867. The molecular formula is C14H23N3O. The molecule has 0 saturated carbocycles. The SMILES string of the molecule is CC1(C)CN(CCc2cccnc2)CC(CN)O1. The normalized spacial score (nSPS) is 24.1. The van der Waals surface area contributed by atoms with E-state index in [4.69, 9.17) is 10.5 Å². The van der Waals surface area contributed by atoms with E-state index in [2.05, 4.69) is 29.8 Å². The Hall–Kier alpha value is -0.970. The molecule has 2 heterocycles. The van der Waals surface area contributed by atoms with Crippen molar-refractivity contribution in [1.82, 2.24) is 9.88 Å². The summed E-state index contributed by atoms with van der Waals surface area (Å²) >= 11 is 0. The van der Waals surface area contributed by atoms with Crippen LogP contribution in [0, 0.1) is 0 Å². The highest BCUT2D eigenvalue weighted by Crippen LogP contribution is 2.20. The van der Waals surface area contributed by atoms with Crippen LogP contribution < -0.4 is 5.73 Å². The van der Waals surface area contributed by atoms with Crippen molar-refractivity contribution in [2.45, 2.75) is 32.0 Å². The Kier molecular flexibility index (Phi) is 4.32. The minimum Gasteiger partial charge on any atom is -0.368 e. The highest BCUT2D eigenvalue weighted by Gasteiger charge is 2.32. The second-order valence-corrected chi connectivity index (χ2v) is 5.58. The van der Waals surface area contributed by atoms with Gasteiger partial charge in [-0.15, -0.1) is 0 Å². The lowest BCUT2D eigenvalue weighted by Gasteiger charge is -2.42. The second kappa shape index (κ2) is 5.78. The van der Waals surface area contributed by atoms with Gasteiger partial charge < -0.3 is 10.5 Å². The van der Waals surface area contributed by atoms with Crippen LogP contribution in [0.4, 0.5) is 0 Å².